The summed E-state index contributed by atoms with van der Waals surface area (Å²) < 4.78 is 6.48. The molecule has 1 aromatic heterocycles. The van der Waals surface area contributed by atoms with Gasteiger partial charge in [0.1, 0.15) is 11.2 Å². The van der Waals surface area contributed by atoms with E-state index in [2.05, 4.69) is 170 Å². The molecule has 226 valence electrons. The van der Waals surface area contributed by atoms with E-state index in [0.717, 1.165) is 50.9 Å². The molecule has 0 N–H and O–H groups in total. The normalized spacial score (nSPS) is 16.2. The maximum absolute atomic E-state index is 6.48. The van der Waals surface area contributed by atoms with Crippen LogP contribution < -0.4 is 4.90 Å². The Bertz CT molecular complexity index is 2350. The molecule has 0 saturated heterocycles. The summed E-state index contributed by atoms with van der Waals surface area (Å²) in [4.78, 5) is 2.46. The van der Waals surface area contributed by atoms with E-state index in [4.69, 9.17) is 4.42 Å². The number of furan rings is 1. The Morgan fingerprint density at radius 1 is 0.617 bits per heavy atom. The van der Waals surface area contributed by atoms with Crippen molar-refractivity contribution >= 4 is 44.6 Å². The van der Waals surface area contributed by atoms with Gasteiger partial charge in [0.2, 0.25) is 0 Å². The van der Waals surface area contributed by atoms with E-state index < -0.39 is 0 Å². The van der Waals surface area contributed by atoms with Crippen molar-refractivity contribution in [2.24, 2.45) is 5.92 Å². The average Bonchev–Trinajstić information content (AvgIpc) is 3.62. The van der Waals surface area contributed by atoms with Crippen LogP contribution in [0.25, 0.3) is 49.8 Å². The molecular weight excluding hydrogens is 571 g/mol. The number of rotatable bonds is 5. The molecule has 47 heavy (non-hydrogen) atoms. The fraction of sp³-hybridized carbons (Fsp3) is 0.111. The molecule has 2 heteroatoms. The topological polar surface area (TPSA) is 16.4 Å². The number of allylic oxidation sites excluding steroid dienone is 4. The Kier molecular flexibility index (Phi) is 6.33. The SMILES string of the molecule is CC1(C)c2c(cccc2N(c2ccc(-c3ccccc3)cc2)c2cccc(-c3cccc4c3oc3ccccc34)c2)C2=CC=CCC21. The van der Waals surface area contributed by atoms with Crippen LogP contribution in [0.2, 0.25) is 0 Å². The molecule has 0 aliphatic heterocycles. The molecule has 0 amide bonds. The third kappa shape index (κ3) is 4.40. The number of benzene rings is 6. The van der Waals surface area contributed by atoms with E-state index in [1.54, 1.807) is 0 Å². The molecule has 1 atom stereocenters. The summed E-state index contributed by atoms with van der Waals surface area (Å²) >= 11 is 0. The lowest BCUT2D eigenvalue weighted by Gasteiger charge is -2.34. The largest absolute Gasteiger partial charge is 0.455 e. The van der Waals surface area contributed by atoms with Crippen molar-refractivity contribution in [1.82, 2.24) is 0 Å². The fourth-order valence-corrected chi connectivity index (χ4v) is 8.06. The first-order valence-corrected chi connectivity index (χ1v) is 16.5. The molecular formula is C45H35NO. The van der Waals surface area contributed by atoms with Crippen molar-refractivity contribution in [3.8, 4) is 22.3 Å². The maximum Gasteiger partial charge on any atom is 0.143 e. The molecule has 7 aromatic rings. The molecule has 1 unspecified atom stereocenters. The Balaban J connectivity index is 1.24. The van der Waals surface area contributed by atoms with Gasteiger partial charge in [0.15, 0.2) is 0 Å². The van der Waals surface area contributed by atoms with Crippen molar-refractivity contribution < 1.29 is 4.42 Å². The van der Waals surface area contributed by atoms with Crippen LogP contribution in [0, 0.1) is 5.92 Å². The summed E-state index contributed by atoms with van der Waals surface area (Å²) in [7, 11) is 0. The van der Waals surface area contributed by atoms with Crippen molar-refractivity contribution in [1.29, 1.82) is 0 Å². The monoisotopic (exact) mass is 605 g/mol. The van der Waals surface area contributed by atoms with Gasteiger partial charge in [-0.3, -0.25) is 0 Å². The van der Waals surface area contributed by atoms with Gasteiger partial charge in [0, 0.05) is 27.7 Å². The second-order valence-electron chi connectivity index (χ2n) is 13.3. The highest BCUT2D eigenvalue weighted by Gasteiger charge is 2.45. The molecule has 0 bridgehead atoms. The van der Waals surface area contributed by atoms with E-state index in [-0.39, 0.29) is 5.41 Å². The second kappa shape index (κ2) is 10.7. The molecule has 2 aliphatic rings. The van der Waals surface area contributed by atoms with Gasteiger partial charge in [-0.1, -0.05) is 135 Å². The van der Waals surface area contributed by atoms with Gasteiger partial charge in [-0.15, -0.1) is 0 Å². The predicted octanol–water partition coefficient (Wildman–Crippen LogP) is 12.6. The van der Waals surface area contributed by atoms with Crippen LogP contribution in [-0.4, -0.2) is 0 Å². The Morgan fingerprint density at radius 2 is 1.32 bits per heavy atom. The van der Waals surface area contributed by atoms with Crippen LogP contribution in [0.4, 0.5) is 17.1 Å². The summed E-state index contributed by atoms with van der Waals surface area (Å²) in [5.41, 5.74) is 14.2. The lowest BCUT2D eigenvalue weighted by Crippen LogP contribution is -2.26. The highest BCUT2D eigenvalue weighted by molar-refractivity contribution is 6.09. The average molecular weight is 606 g/mol. The molecule has 0 spiro atoms. The third-order valence-electron chi connectivity index (χ3n) is 10.3. The number of hydrogen-bond acceptors (Lipinski definition) is 2. The molecule has 0 saturated carbocycles. The van der Waals surface area contributed by atoms with Crippen molar-refractivity contribution in [3.63, 3.8) is 0 Å². The number of fused-ring (bicyclic) bond motifs is 6. The first-order valence-electron chi connectivity index (χ1n) is 16.5. The molecule has 2 aliphatic carbocycles. The number of nitrogens with zero attached hydrogens (tertiary/aromatic N) is 1. The van der Waals surface area contributed by atoms with Gasteiger partial charge in [0.25, 0.3) is 0 Å². The highest BCUT2D eigenvalue weighted by atomic mass is 16.3. The Morgan fingerprint density at radius 3 is 2.19 bits per heavy atom. The highest BCUT2D eigenvalue weighted by Crippen LogP contribution is 2.57. The van der Waals surface area contributed by atoms with E-state index in [9.17, 15) is 0 Å². The van der Waals surface area contributed by atoms with Crippen molar-refractivity contribution in [2.75, 3.05) is 4.90 Å². The standard InChI is InChI=1S/C45H35NO/c1-45(2)40-22-8-6-17-36(40)38-20-12-23-41(43(38)45)46(33-27-25-31(26-28-33)30-13-4-3-5-14-30)34-16-10-15-32(29-34)35-19-11-21-39-37-18-7-9-24-42(37)47-44(35)39/h3-21,23-29,40H,22H2,1-2H3. The predicted molar refractivity (Wildman–Crippen MR) is 198 cm³/mol. The Hall–Kier alpha value is -5.60. The minimum absolute atomic E-state index is 0.0256. The second-order valence-corrected chi connectivity index (χ2v) is 13.3. The molecule has 0 fully saturated rings. The van der Waals surface area contributed by atoms with Crippen LogP contribution >= 0.6 is 0 Å². The quantitative estimate of drug-likeness (QED) is 0.194. The minimum Gasteiger partial charge on any atom is -0.455 e. The van der Waals surface area contributed by atoms with Gasteiger partial charge in [0.05, 0.1) is 5.69 Å². The summed E-state index contributed by atoms with van der Waals surface area (Å²) in [6.07, 6.45) is 7.95. The van der Waals surface area contributed by atoms with Crippen molar-refractivity contribution in [3.05, 3.63) is 169 Å². The van der Waals surface area contributed by atoms with Crippen LogP contribution in [0.15, 0.2) is 162 Å². The van der Waals surface area contributed by atoms with Crippen LogP contribution in [0.5, 0.6) is 0 Å². The molecule has 6 aromatic carbocycles. The van der Waals surface area contributed by atoms with E-state index >= 15 is 0 Å². The zero-order chi connectivity index (χ0) is 31.5. The fourth-order valence-electron chi connectivity index (χ4n) is 8.06. The molecule has 0 radical (unpaired) electrons. The number of hydrogen-bond donors (Lipinski definition) is 0. The first-order chi connectivity index (χ1) is 23.1. The van der Waals surface area contributed by atoms with E-state index in [1.165, 1.54) is 33.5 Å². The van der Waals surface area contributed by atoms with E-state index in [0.29, 0.717) is 5.92 Å². The van der Waals surface area contributed by atoms with Crippen LogP contribution in [0.1, 0.15) is 31.4 Å². The molecule has 1 heterocycles. The van der Waals surface area contributed by atoms with Gasteiger partial charge >= 0.3 is 0 Å². The zero-order valence-electron chi connectivity index (χ0n) is 26.7. The smallest absolute Gasteiger partial charge is 0.143 e. The van der Waals surface area contributed by atoms with Gasteiger partial charge < -0.3 is 9.32 Å². The lowest BCUT2D eigenvalue weighted by atomic mass is 9.74. The Labute approximate surface area is 275 Å². The van der Waals surface area contributed by atoms with Crippen LogP contribution in [-0.2, 0) is 5.41 Å². The summed E-state index contributed by atoms with van der Waals surface area (Å²) in [6, 6.07) is 50.2. The first kappa shape index (κ1) is 27.7. The van der Waals surface area contributed by atoms with Gasteiger partial charge in [-0.05, 0) is 87.5 Å². The summed E-state index contributed by atoms with van der Waals surface area (Å²) in [6.45, 7) is 4.85. The van der Waals surface area contributed by atoms with E-state index in [1.807, 2.05) is 6.07 Å². The minimum atomic E-state index is -0.0256. The van der Waals surface area contributed by atoms with Crippen molar-refractivity contribution in [2.45, 2.75) is 25.7 Å². The lowest BCUT2D eigenvalue weighted by molar-refractivity contribution is 0.415. The molecule has 2 nitrogen and oxygen atoms in total. The van der Waals surface area contributed by atoms with Gasteiger partial charge in [-0.25, -0.2) is 0 Å². The maximum atomic E-state index is 6.48. The number of anilines is 3. The van der Waals surface area contributed by atoms with Gasteiger partial charge in [-0.2, -0.15) is 0 Å². The summed E-state index contributed by atoms with van der Waals surface area (Å²) in [5.74, 6) is 0.461. The molecule has 9 rings (SSSR count). The number of para-hydroxylation sites is 2. The third-order valence-corrected chi connectivity index (χ3v) is 10.3. The van der Waals surface area contributed by atoms with Crippen LogP contribution in [0.3, 0.4) is 0 Å². The summed E-state index contributed by atoms with van der Waals surface area (Å²) in [5, 5.41) is 2.29. The zero-order valence-corrected chi connectivity index (χ0v) is 26.7.